The van der Waals surface area contributed by atoms with Crippen molar-refractivity contribution >= 4 is 106 Å². The van der Waals surface area contributed by atoms with E-state index in [4.69, 9.17) is 28.3 Å². The zero-order chi connectivity index (χ0) is 64.3. The Morgan fingerprint density at radius 1 is 0.570 bits per heavy atom. The first-order valence-electron chi connectivity index (χ1n) is 29.9. The van der Waals surface area contributed by atoms with E-state index in [1.54, 1.807) is 20.9 Å². The van der Waals surface area contributed by atoms with E-state index in [1.165, 1.54) is 17.0 Å². The van der Waals surface area contributed by atoms with Crippen LogP contribution in [-0.2, 0) is 28.3 Å². The van der Waals surface area contributed by atoms with E-state index in [0.29, 0.717) is 38.0 Å². The van der Waals surface area contributed by atoms with Crippen LogP contribution in [-0.4, -0.2) is 166 Å². The number of rotatable bonds is 4. The Balaban J connectivity index is 0.000000234. The second kappa shape index (κ2) is 33.3. The van der Waals surface area contributed by atoms with Crippen molar-refractivity contribution in [2.75, 3.05) is 52.4 Å². The quantitative estimate of drug-likeness (QED) is 0.122. The number of amides is 4. The van der Waals surface area contributed by atoms with Crippen molar-refractivity contribution < 1.29 is 47.4 Å². The number of hydrogen-bond acceptors (Lipinski definition) is 16. The van der Waals surface area contributed by atoms with Gasteiger partial charge in [0.05, 0.1) is 15.8 Å². The Morgan fingerprint density at radius 3 is 1.30 bits per heavy atom. The number of hydrogen-bond donors (Lipinski definition) is 1. The molecule has 9 rings (SSSR count). The summed E-state index contributed by atoms with van der Waals surface area (Å²) in [7, 11) is 4.02. The van der Waals surface area contributed by atoms with Gasteiger partial charge in [-0.25, -0.2) is 19.2 Å². The first-order chi connectivity index (χ1) is 40.0. The van der Waals surface area contributed by atoms with Gasteiger partial charge >= 0.3 is 56.2 Å². The van der Waals surface area contributed by atoms with E-state index in [9.17, 15) is 19.2 Å². The van der Waals surface area contributed by atoms with E-state index in [0.717, 1.165) is 111 Å². The topological polar surface area (TPSA) is 198 Å². The van der Waals surface area contributed by atoms with E-state index < -0.39 is 22.4 Å². The third kappa shape index (κ3) is 26.2. The molecule has 19 nitrogen and oxygen atoms in total. The van der Waals surface area contributed by atoms with Crippen molar-refractivity contribution in [3.05, 3.63) is 70.7 Å². The summed E-state index contributed by atoms with van der Waals surface area (Å²) in [5, 5.41) is 0. The number of halogens is 2. The maximum absolute atomic E-state index is 12.1. The number of likely N-dealkylation sites (tertiary alicyclic amines) is 2. The molecule has 9 heterocycles. The Kier molecular flexibility index (Phi) is 28.6. The molecule has 24 heteroatoms. The monoisotopic (exact) mass is 1340 g/mol. The van der Waals surface area contributed by atoms with Gasteiger partial charge in [-0.15, -0.1) is 0 Å². The number of aliphatic imine (C=N–C) groups is 4. The van der Waals surface area contributed by atoms with Gasteiger partial charge < -0.3 is 47.9 Å². The number of carbonyl (C=O) groups excluding carboxylic acids is 4. The molecule has 4 amide bonds. The molecule has 475 valence electrons. The van der Waals surface area contributed by atoms with Crippen LogP contribution in [0.3, 0.4) is 0 Å². The average Bonchev–Trinajstić information content (AvgIpc) is 2.08. The molecule has 3 saturated heterocycles. The molecule has 0 unspecified atom stereocenters. The van der Waals surface area contributed by atoms with Crippen LogP contribution in [0.5, 0.6) is 0 Å². The summed E-state index contributed by atoms with van der Waals surface area (Å²) < 4.78 is 38.3. The molecule has 0 bridgehead atoms. The van der Waals surface area contributed by atoms with Crippen LogP contribution in [0.15, 0.2) is 95.0 Å². The van der Waals surface area contributed by atoms with Crippen LogP contribution in [0.4, 0.5) is 19.2 Å². The van der Waals surface area contributed by atoms with Crippen LogP contribution in [0, 0.1) is 11.8 Å². The minimum absolute atomic E-state index is 0.188. The molecule has 0 saturated carbocycles. The second-order valence-electron chi connectivity index (χ2n) is 26.9. The zero-order valence-corrected chi connectivity index (χ0v) is 58.1. The predicted molar refractivity (Wildman–Crippen MR) is 357 cm³/mol. The molecular formula is C62H96B2Br2N9O10S. The van der Waals surface area contributed by atoms with Crippen molar-refractivity contribution in [2.45, 2.75) is 209 Å². The van der Waals surface area contributed by atoms with Crippen molar-refractivity contribution in [1.82, 2.24) is 19.6 Å². The number of ether oxygens (including phenoxy) is 4. The summed E-state index contributed by atoms with van der Waals surface area (Å²) in [4.78, 5) is 71.9. The van der Waals surface area contributed by atoms with Gasteiger partial charge in [0.2, 0.25) is 0 Å². The van der Waals surface area contributed by atoms with Crippen LogP contribution in [0.25, 0.3) is 0 Å². The van der Waals surface area contributed by atoms with Crippen molar-refractivity contribution in [2.24, 2.45) is 36.1 Å². The number of thiol groups is 1. The molecule has 0 atom stereocenters. The van der Waals surface area contributed by atoms with Crippen molar-refractivity contribution in [1.29, 1.82) is 0 Å². The fourth-order valence-electron chi connectivity index (χ4n) is 9.48. The second-order valence-corrected chi connectivity index (χ2v) is 28.8. The third-order valence-electron chi connectivity index (χ3n) is 14.6. The van der Waals surface area contributed by atoms with Crippen molar-refractivity contribution in [3.8, 4) is 0 Å². The number of nitrogens with zero attached hydrogens (tertiary/aromatic N) is 9. The van der Waals surface area contributed by atoms with E-state index >= 15 is 0 Å². The van der Waals surface area contributed by atoms with Crippen LogP contribution in [0.2, 0.25) is 0 Å². The van der Waals surface area contributed by atoms with Gasteiger partial charge in [-0.3, -0.25) is 20.0 Å². The van der Waals surface area contributed by atoms with E-state index in [1.807, 2.05) is 140 Å². The van der Waals surface area contributed by atoms with Crippen LogP contribution >= 0.6 is 44.7 Å². The molecule has 0 aromatic rings. The summed E-state index contributed by atoms with van der Waals surface area (Å²) >= 11 is 9.82. The van der Waals surface area contributed by atoms with Gasteiger partial charge in [-0.1, -0.05) is 30.4 Å². The summed E-state index contributed by atoms with van der Waals surface area (Å²) in [5.74, 6) is 1.05. The van der Waals surface area contributed by atoms with Crippen molar-refractivity contribution in [3.63, 3.8) is 0 Å². The first kappa shape index (κ1) is 73.8. The standard InChI is InChI=1S/C16H28BNO4.C14H21BrN2O2.C14H22N2O2.C14H20N2O2.C4H4BrN.BHNS/c1-14(2,3)20-13(19)18-10-8-12(9-11-18)17-21-15(4,5)16(6,7)22-17;1-14(2,3)19-13(18)17-8-6-10(7-9-17)11-4-5-12(15)16-11;2*1-14(2,3)18-13(17)16-9-6-11(7-10-16)12-5-4-8-15-12;5-4-2-1-3-6-4;1-2-3/h8H,9-11H2,1-7H3;5,10H,4,6-9H2,1-3H3;4,8,11H,5-7,9-10H2,1-3H3;4,6,8H,5,7,9-10H2,1-3H3;1,3H,2H2;3H. The SMILES string of the molecule is BrC1=NC=CC1.CC(C)(C)OC(=O)N1CC=C(B2OC(C)(C)C(C)(C)O2)CC1.CC(C)(C)OC(=O)N1CC=C(C2=NC=CC2)CC1.CC(C)(C)OC(=O)N1CCC(C2=NC(Br)=CC2)CC1.CC(C)(C)OC(=O)N1CCC(C2=NC=CC2)CC1.[B]=NS. The molecule has 3 fully saturated rings. The Morgan fingerprint density at radius 2 is 0.977 bits per heavy atom. The summed E-state index contributed by atoms with van der Waals surface area (Å²) in [5.41, 5.74) is 3.65. The van der Waals surface area contributed by atoms with Crippen LogP contribution in [0.1, 0.15) is 175 Å². The van der Waals surface area contributed by atoms with E-state index in [-0.39, 0.29) is 42.7 Å². The van der Waals surface area contributed by atoms with Gasteiger partial charge in [0, 0.05) is 126 Å². The summed E-state index contributed by atoms with van der Waals surface area (Å²) in [6.07, 6.45) is 26.4. The molecule has 86 heavy (non-hydrogen) atoms. The fraction of sp³-hybridized carbons (Fsp3) is 0.677. The Bertz CT molecular complexity index is 2650. The normalized spacial score (nSPS) is 20.8. The average molecular weight is 1340 g/mol. The van der Waals surface area contributed by atoms with Gasteiger partial charge in [0.25, 0.3) is 0 Å². The Labute approximate surface area is 537 Å². The number of piperidine rings is 2. The van der Waals surface area contributed by atoms with Gasteiger partial charge in [0.15, 0.2) is 0 Å². The zero-order valence-electron chi connectivity index (χ0n) is 54.0. The Hall–Kier alpha value is -4.64. The maximum atomic E-state index is 12.1. The predicted octanol–water partition coefficient (Wildman–Crippen LogP) is 14.7. The first-order valence-corrected chi connectivity index (χ1v) is 31.9. The molecule has 1 radical (unpaired) electrons. The van der Waals surface area contributed by atoms with Gasteiger partial charge in [-0.2, -0.15) is 0 Å². The van der Waals surface area contributed by atoms with E-state index in [2.05, 4.69) is 101 Å². The third-order valence-corrected chi connectivity index (χ3v) is 15.6. The van der Waals surface area contributed by atoms with Gasteiger partial charge in [-0.05, 0) is 198 Å². The number of allylic oxidation sites excluding steroid dienone is 4. The molecule has 0 aromatic carbocycles. The van der Waals surface area contributed by atoms with Crippen LogP contribution < -0.4 is 0 Å². The number of carbonyl (C=O) groups is 4. The molecule has 0 spiro atoms. The molecule has 9 aliphatic heterocycles. The molecule has 0 aromatic heterocycles. The summed E-state index contributed by atoms with van der Waals surface area (Å²) in [6, 6.07) is 0. The molecule has 9 aliphatic rings. The fourth-order valence-corrected chi connectivity index (χ4v) is 10.2. The minimum atomic E-state index is -0.465. The molecular weight excluding hydrogens is 1240 g/mol. The molecule has 0 aliphatic carbocycles. The van der Waals surface area contributed by atoms with Gasteiger partial charge in [0.1, 0.15) is 27.0 Å². The molecule has 0 N–H and O–H groups in total. The summed E-state index contributed by atoms with van der Waals surface area (Å²) in [6.45, 7) is 36.4.